The van der Waals surface area contributed by atoms with Gasteiger partial charge in [-0.15, -0.1) is 11.6 Å². The molecule has 84 valence electrons. The first-order valence-corrected chi connectivity index (χ1v) is 6.16. The third-order valence-electron chi connectivity index (χ3n) is 2.71. The van der Waals surface area contributed by atoms with Crippen molar-refractivity contribution in [1.82, 2.24) is 9.97 Å². The topological polar surface area (TPSA) is 25.8 Å². The van der Waals surface area contributed by atoms with Crippen molar-refractivity contribution in [2.45, 2.75) is 25.7 Å². The molecule has 3 heteroatoms. The molecule has 2 rings (SSSR count). The molecule has 0 aliphatic heterocycles. The number of nitrogens with zero attached hydrogens (tertiary/aromatic N) is 2. The summed E-state index contributed by atoms with van der Waals surface area (Å²) in [5, 5.41) is 0. The Morgan fingerprint density at radius 1 is 1.25 bits per heavy atom. The standard InChI is InChI=1S/C13H15ClN2/c1-2-5-10(8-14)13-9-15-11-6-3-4-7-12(11)16-13/h3-4,6-7,9-10H,2,5,8H2,1H3. The van der Waals surface area contributed by atoms with E-state index in [0.29, 0.717) is 11.8 Å². The van der Waals surface area contributed by atoms with Crippen LogP contribution >= 0.6 is 11.6 Å². The Balaban J connectivity index is 2.37. The number of benzene rings is 1. The average molecular weight is 235 g/mol. The molecular formula is C13H15ClN2. The largest absolute Gasteiger partial charge is 0.253 e. The van der Waals surface area contributed by atoms with Crippen molar-refractivity contribution in [3.8, 4) is 0 Å². The van der Waals surface area contributed by atoms with Gasteiger partial charge >= 0.3 is 0 Å². The van der Waals surface area contributed by atoms with Crippen LogP contribution in [0.1, 0.15) is 31.4 Å². The first kappa shape index (κ1) is 11.3. The quantitative estimate of drug-likeness (QED) is 0.753. The van der Waals surface area contributed by atoms with Crippen LogP contribution < -0.4 is 0 Å². The minimum absolute atomic E-state index is 0.323. The van der Waals surface area contributed by atoms with E-state index >= 15 is 0 Å². The Hall–Kier alpha value is -1.15. The number of para-hydroxylation sites is 2. The maximum absolute atomic E-state index is 5.96. The Bertz CT molecular complexity index is 470. The number of hydrogen-bond donors (Lipinski definition) is 0. The van der Waals surface area contributed by atoms with Crippen LogP contribution in [0.5, 0.6) is 0 Å². The number of aromatic nitrogens is 2. The fourth-order valence-corrected chi connectivity index (χ4v) is 2.13. The second-order valence-corrected chi connectivity index (χ2v) is 4.23. The Kier molecular flexibility index (Phi) is 3.73. The van der Waals surface area contributed by atoms with E-state index in [1.807, 2.05) is 30.5 Å². The molecule has 2 aromatic rings. The van der Waals surface area contributed by atoms with Crippen molar-refractivity contribution < 1.29 is 0 Å². The molecule has 0 spiro atoms. The van der Waals surface area contributed by atoms with Crippen LogP contribution in [0.4, 0.5) is 0 Å². The lowest BCUT2D eigenvalue weighted by Crippen LogP contribution is -2.04. The Morgan fingerprint density at radius 3 is 2.69 bits per heavy atom. The van der Waals surface area contributed by atoms with Crippen molar-refractivity contribution >= 4 is 22.6 Å². The highest BCUT2D eigenvalue weighted by molar-refractivity contribution is 6.18. The fraction of sp³-hybridized carbons (Fsp3) is 0.385. The third-order valence-corrected chi connectivity index (χ3v) is 3.08. The van der Waals surface area contributed by atoms with E-state index in [1.165, 1.54) is 0 Å². The van der Waals surface area contributed by atoms with Crippen LogP contribution in [0, 0.1) is 0 Å². The van der Waals surface area contributed by atoms with Crippen molar-refractivity contribution in [2.24, 2.45) is 0 Å². The van der Waals surface area contributed by atoms with Crippen LogP contribution in [0.15, 0.2) is 30.5 Å². The van der Waals surface area contributed by atoms with Gasteiger partial charge in [0.2, 0.25) is 0 Å². The van der Waals surface area contributed by atoms with Gasteiger partial charge in [0, 0.05) is 18.0 Å². The van der Waals surface area contributed by atoms with Crippen molar-refractivity contribution in [2.75, 3.05) is 5.88 Å². The van der Waals surface area contributed by atoms with Crippen molar-refractivity contribution in [3.05, 3.63) is 36.2 Å². The lowest BCUT2D eigenvalue weighted by Gasteiger charge is -2.11. The number of halogens is 1. The summed E-state index contributed by atoms with van der Waals surface area (Å²) in [4.78, 5) is 9.03. The molecule has 1 aromatic carbocycles. The molecule has 0 fully saturated rings. The molecule has 0 saturated heterocycles. The van der Waals surface area contributed by atoms with Gasteiger partial charge in [-0.2, -0.15) is 0 Å². The fourth-order valence-electron chi connectivity index (χ4n) is 1.82. The normalized spacial score (nSPS) is 12.9. The van der Waals surface area contributed by atoms with E-state index < -0.39 is 0 Å². The summed E-state index contributed by atoms with van der Waals surface area (Å²) in [5.74, 6) is 0.935. The van der Waals surface area contributed by atoms with Gasteiger partial charge in [0.15, 0.2) is 0 Å². The molecule has 2 nitrogen and oxygen atoms in total. The lowest BCUT2D eigenvalue weighted by atomic mass is 10.0. The SMILES string of the molecule is CCCC(CCl)c1cnc2ccccc2n1. The molecule has 0 aliphatic rings. The van der Waals surface area contributed by atoms with Crippen LogP contribution in [-0.2, 0) is 0 Å². The van der Waals surface area contributed by atoms with Crippen LogP contribution in [0.25, 0.3) is 11.0 Å². The highest BCUT2D eigenvalue weighted by Gasteiger charge is 2.11. The maximum Gasteiger partial charge on any atom is 0.0890 e. The second kappa shape index (κ2) is 5.26. The highest BCUT2D eigenvalue weighted by atomic mass is 35.5. The van der Waals surface area contributed by atoms with E-state index in [1.54, 1.807) is 0 Å². The highest BCUT2D eigenvalue weighted by Crippen LogP contribution is 2.21. The molecule has 0 saturated carbocycles. The van der Waals surface area contributed by atoms with Crippen molar-refractivity contribution in [1.29, 1.82) is 0 Å². The van der Waals surface area contributed by atoms with Gasteiger partial charge in [0.05, 0.1) is 16.7 Å². The minimum atomic E-state index is 0.323. The Morgan fingerprint density at radius 2 is 2.00 bits per heavy atom. The molecule has 0 amide bonds. The maximum atomic E-state index is 5.96. The molecule has 1 aromatic heterocycles. The lowest BCUT2D eigenvalue weighted by molar-refractivity contribution is 0.652. The van der Waals surface area contributed by atoms with Gasteiger partial charge in [-0.3, -0.25) is 4.98 Å². The molecule has 1 heterocycles. The minimum Gasteiger partial charge on any atom is -0.253 e. The number of alkyl halides is 1. The molecule has 1 unspecified atom stereocenters. The predicted molar refractivity (Wildman–Crippen MR) is 67.9 cm³/mol. The zero-order valence-corrected chi connectivity index (χ0v) is 10.1. The molecule has 0 aliphatic carbocycles. The molecular weight excluding hydrogens is 220 g/mol. The first-order valence-electron chi connectivity index (χ1n) is 5.62. The van der Waals surface area contributed by atoms with Gasteiger partial charge in [-0.25, -0.2) is 4.98 Å². The molecule has 0 N–H and O–H groups in total. The molecule has 16 heavy (non-hydrogen) atoms. The van der Waals surface area contributed by atoms with Gasteiger partial charge < -0.3 is 0 Å². The van der Waals surface area contributed by atoms with E-state index in [0.717, 1.165) is 29.6 Å². The average Bonchev–Trinajstić information content (AvgIpc) is 2.35. The van der Waals surface area contributed by atoms with Gasteiger partial charge in [0.25, 0.3) is 0 Å². The summed E-state index contributed by atoms with van der Waals surface area (Å²) in [6, 6.07) is 7.92. The summed E-state index contributed by atoms with van der Waals surface area (Å²) >= 11 is 5.96. The van der Waals surface area contributed by atoms with Crippen LogP contribution in [0.2, 0.25) is 0 Å². The molecule has 0 bridgehead atoms. The third kappa shape index (κ3) is 2.33. The summed E-state index contributed by atoms with van der Waals surface area (Å²) in [7, 11) is 0. The van der Waals surface area contributed by atoms with Gasteiger partial charge in [0.1, 0.15) is 0 Å². The van der Waals surface area contributed by atoms with Crippen molar-refractivity contribution in [3.63, 3.8) is 0 Å². The predicted octanol–water partition coefficient (Wildman–Crippen LogP) is 3.75. The van der Waals surface area contributed by atoms with Gasteiger partial charge in [-0.05, 0) is 18.6 Å². The first-order chi connectivity index (χ1) is 7.85. The molecule has 1 atom stereocenters. The summed E-state index contributed by atoms with van der Waals surface area (Å²) in [5.41, 5.74) is 2.90. The van der Waals surface area contributed by atoms with Crippen LogP contribution in [0.3, 0.4) is 0 Å². The van der Waals surface area contributed by atoms with E-state index in [2.05, 4.69) is 16.9 Å². The van der Waals surface area contributed by atoms with E-state index in [-0.39, 0.29) is 0 Å². The summed E-state index contributed by atoms with van der Waals surface area (Å²) < 4.78 is 0. The number of rotatable bonds is 4. The molecule has 0 radical (unpaired) electrons. The zero-order valence-electron chi connectivity index (χ0n) is 9.36. The van der Waals surface area contributed by atoms with E-state index in [9.17, 15) is 0 Å². The summed E-state index contributed by atoms with van der Waals surface area (Å²) in [6.45, 7) is 2.16. The monoisotopic (exact) mass is 234 g/mol. The zero-order chi connectivity index (χ0) is 11.4. The smallest absolute Gasteiger partial charge is 0.0890 e. The van der Waals surface area contributed by atoms with E-state index in [4.69, 9.17) is 11.6 Å². The van der Waals surface area contributed by atoms with Crippen LogP contribution in [-0.4, -0.2) is 15.8 Å². The number of hydrogen-bond acceptors (Lipinski definition) is 2. The Labute approximate surface area is 101 Å². The van der Waals surface area contributed by atoms with Gasteiger partial charge in [-0.1, -0.05) is 25.5 Å². The summed E-state index contributed by atoms with van der Waals surface area (Å²) in [6.07, 6.45) is 4.04. The second-order valence-electron chi connectivity index (χ2n) is 3.92. The number of fused-ring (bicyclic) bond motifs is 1.